The highest BCUT2D eigenvalue weighted by molar-refractivity contribution is 6.34. The standard InChI is InChI=1S/C34H23ClN2O5/c1-19-7-9-22(10-8-19)30(38)18-42-34(41)27-17-29(36-31-20(2)28(35)16-15-24(27)31)21-11-13-23(14-12-21)37-32(39)25-5-3-4-6-26(25)33(37)40/h3-17H,18H2,1-2H3. The summed E-state index contributed by atoms with van der Waals surface area (Å²) in [5, 5.41) is 1.03. The Kier molecular flexibility index (Phi) is 6.88. The molecule has 0 N–H and O–H groups in total. The third-order valence-electron chi connectivity index (χ3n) is 7.31. The van der Waals surface area contributed by atoms with Crippen molar-refractivity contribution in [3.63, 3.8) is 0 Å². The number of Topliss-reactive ketones (excluding diaryl/α,β-unsaturated/α-hetero) is 1. The molecule has 0 bridgehead atoms. The average Bonchev–Trinajstić information content (AvgIpc) is 3.27. The Morgan fingerprint density at radius 1 is 0.833 bits per heavy atom. The number of pyridine rings is 1. The molecule has 206 valence electrons. The first-order chi connectivity index (χ1) is 20.2. The molecule has 8 heteroatoms. The molecule has 1 aromatic heterocycles. The highest BCUT2D eigenvalue weighted by atomic mass is 35.5. The lowest BCUT2D eigenvalue weighted by Crippen LogP contribution is -2.29. The molecule has 2 heterocycles. The van der Waals surface area contributed by atoms with E-state index in [1.807, 2.05) is 26.0 Å². The van der Waals surface area contributed by atoms with Gasteiger partial charge in [0.25, 0.3) is 11.8 Å². The molecule has 0 aliphatic carbocycles. The Hall–Kier alpha value is -5.14. The summed E-state index contributed by atoms with van der Waals surface area (Å²) in [7, 11) is 0. The molecule has 4 aromatic carbocycles. The zero-order chi connectivity index (χ0) is 29.5. The number of aromatic nitrogens is 1. The number of benzene rings is 4. The SMILES string of the molecule is Cc1ccc(C(=O)COC(=O)c2cc(-c3ccc(N4C(=O)c5ccccc5C4=O)cc3)nc3c(C)c(Cl)ccc23)cc1. The van der Waals surface area contributed by atoms with E-state index < -0.39 is 12.6 Å². The van der Waals surface area contributed by atoms with Crippen molar-refractivity contribution in [2.75, 3.05) is 11.5 Å². The maximum Gasteiger partial charge on any atom is 0.339 e. The van der Waals surface area contributed by atoms with Crippen LogP contribution in [0.2, 0.25) is 5.02 Å². The van der Waals surface area contributed by atoms with Gasteiger partial charge in [-0.3, -0.25) is 14.4 Å². The molecular weight excluding hydrogens is 552 g/mol. The molecule has 0 saturated carbocycles. The smallest absolute Gasteiger partial charge is 0.339 e. The van der Waals surface area contributed by atoms with E-state index in [4.69, 9.17) is 21.3 Å². The molecule has 6 rings (SSSR count). The van der Waals surface area contributed by atoms with Gasteiger partial charge in [-0.15, -0.1) is 0 Å². The largest absolute Gasteiger partial charge is 0.454 e. The molecule has 5 aromatic rings. The molecular formula is C34H23ClN2O5. The number of esters is 1. The molecule has 0 spiro atoms. The van der Waals surface area contributed by atoms with Crippen LogP contribution in [0.1, 0.15) is 52.6 Å². The molecule has 0 unspecified atom stereocenters. The van der Waals surface area contributed by atoms with E-state index in [-0.39, 0.29) is 23.2 Å². The fourth-order valence-corrected chi connectivity index (χ4v) is 5.11. The lowest BCUT2D eigenvalue weighted by Gasteiger charge is -2.15. The number of amides is 2. The maximum absolute atomic E-state index is 13.3. The first kappa shape index (κ1) is 27.1. The first-order valence-electron chi connectivity index (χ1n) is 13.2. The molecule has 0 radical (unpaired) electrons. The summed E-state index contributed by atoms with van der Waals surface area (Å²) in [6, 6.07) is 25.5. The summed E-state index contributed by atoms with van der Waals surface area (Å²) >= 11 is 6.39. The predicted molar refractivity (Wildman–Crippen MR) is 160 cm³/mol. The number of ketones is 1. The van der Waals surface area contributed by atoms with Crippen LogP contribution in [0.3, 0.4) is 0 Å². The van der Waals surface area contributed by atoms with Crippen LogP contribution >= 0.6 is 11.6 Å². The second kappa shape index (κ2) is 10.7. The average molecular weight is 575 g/mol. The van der Waals surface area contributed by atoms with Gasteiger partial charge in [0, 0.05) is 21.5 Å². The van der Waals surface area contributed by atoms with Crippen LogP contribution in [0, 0.1) is 13.8 Å². The topological polar surface area (TPSA) is 93.6 Å². The van der Waals surface area contributed by atoms with E-state index in [9.17, 15) is 19.2 Å². The van der Waals surface area contributed by atoms with E-state index in [1.54, 1.807) is 78.9 Å². The highest BCUT2D eigenvalue weighted by Gasteiger charge is 2.36. The zero-order valence-electron chi connectivity index (χ0n) is 22.7. The number of hydrogen-bond acceptors (Lipinski definition) is 6. The van der Waals surface area contributed by atoms with Gasteiger partial charge in [0.15, 0.2) is 12.4 Å². The number of ether oxygens (including phenoxy) is 1. The molecule has 2 amide bonds. The molecule has 0 fully saturated rings. The van der Waals surface area contributed by atoms with Crippen LogP contribution in [0.15, 0.2) is 91.0 Å². The van der Waals surface area contributed by atoms with Gasteiger partial charge in [0.05, 0.1) is 33.6 Å². The predicted octanol–water partition coefficient (Wildman–Crippen LogP) is 7.01. The van der Waals surface area contributed by atoms with Gasteiger partial charge in [-0.05, 0) is 55.8 Å². The Bertz CT molecular complexity index is 1900. The number of rotatable bonds is 6. The normalized spacial score (nSPS) is 12.5. The summed E-state index contributed by atoms with van der Waals surface area (Å²) in [6.07, 6.45) is 0. The molecule has 0 saturated heterocycles. The molecule has 7 nitrogen and oxygen atoms in total. The molecule has 42 heavy (non-hydrogen) atoms. The Labute approximate surface area is 246 Å². The van der Waals surface area contributed by atoms with Crippen LogP contribution in [0.4, 0.5) is 5.69 Å². The van der Waals surface area contributed by atoms with Gasteiger partial charge in [0.2, 0.25) is 0 Å². The van der Waals surface area contributed by atoms with E-state index >= 15 is 0 Å². The van der Waals surface area contributed by atoms with E-state index in [2.05, 4.69) is 0 Å². The van der Waals surface area contributed by atoms with Gasteiger partial charge < -0.3 is 4.74 Å². The van der Waals surface area contributed by atoms with Gasteiger partial charge >= 0.3 is 5.97 Å². The molecule has 1 aliphatic heterocycles. The second-order valence-corrected chi connectivity index (χ2v) is 10.4. The van der Waals surface area contributed by atoms with Crippen molar-refractivity contribution in [1.29, 1.82) is 0 Å². The first-order valence-corrected chi connectivity index (χ1v) is 13.6. The van der Waals surface area contributed by atoms with Crippen molar-refractivity contribution in [3.8, 4) is 11.3 Å². The fraction of sp³-hybridized carbons (Fsp3) is 0.0882. The Balaban J connectivity index is 1.32. The zero-order valence-corrected chi connectivity index (χ0v) is 23.4. The van der Waals surface area contributed by atoms with Crippen molar-refractivity contribution in [3.05, 3.63) is 129 Å². The number of fused-ring (bicyclic) bond motifs is 2. The van der Waals surface area contributed by atoms with Crippen molar-refractivity contribution in [1.82, 2.24) is 4.98 Å². The number of halogens is 1. The van der Waals surface area contributed by atoms with Crippen LogP contribution < -0.4 is 4.90 Å². The quantitative estimate of drug-likeness (QED) is 0.123. The van der Waals surface area contributed by atoms with Gasteiger partial charge in [-0.2, -0.15) is 0 Å². The second-order valence-electron chi connectivity index (χ2n) is 10.0. The van der Waals surface area contributed by atoms with Gasteiger partial charge in [0.1, 0.15) is 0 Å². The van der Waals surface area contributed by atoms with Gasteiger partial charge in [-0.1, -0.05) is 71.8 Å². The van der Waals surface area contributed by atoms with Crippen LogP contribution in [0.5, 0.6) is 0 Å². The minimum absolute atomic E-state index is 0.232. The lowest BCUT2D eigenvalue weighted by molar-refractivity contribution is 0.0476. The fourth-order valence-electron chi connectivity index (χ4n) is 4.96. The number of aryl methyl sites for hydroxylation is 2. The van der Waals surface area contributed by atoms with Crippen molar-refractivity contribution in [2.24, 2.45) is 0 Å². The highest BCUT2D eigenvalue weighted by Crippen LogP contribution is 2.33. The summed E-state index contributed by atoms with van der Waals surface area (Å²) < 4.78 is 5.45. The number of imide groups is 1. The summed E-state index contributed by atoms with van der Waals surface area (Å²) in [5.74, 6) is -1.76. The van der Waals surface area contributed by atoms with Crippen molar-refractivity contribution < 1.29 is 23.9 Å². The third-order valence-corrected chi connectivity index (χ3v) is 7.72. The minimum atomic E-state index is -0.673. The summed E-state index contributed by atoms with van der Waals surface area (Å²) in [5.41, 5.74) is 5.14. The number of carbonyl (C=O) groups excluding carboxylic acids is 4. The number of carbonyl (C=O) groups is 4. The van der Waals surface area contributed by atoms with E-state index in [0.717, 1.165) is 10.5 Å². The summed E-state index contributed by atoms with van der Waals surface area (Å²) in [4.78, 5) is 57.7. The number of anilines is 1. The maximum atomic E-state index is 13.3. The van der Waals surface area contributed by atoms with Crippen molar-refractivity contribution in [2.45, 2.75) is 13.8 Å². The number of nitrogens with zero attached hydrogens (tertiary/aromatic N) is 2. The third kappa shape index (κ3) is 4.74. The molecule has 1 aliphatic rings. The van der Waals surface area contributed by atoms with Crippen LogP contribution in [-0.4, -0.2) is 35.2 Å². The Morgan fingerprint density at radius 2 is 1.48 bits per heavy atom. The van der Waals surface area contributed by atoms with E-state index in [0.29, 0.717) is 55.1 Å². The van der Waals surface area contributed by atoms with Gasteiger partial charge in [-0.25, -0.2) is 14.7 Å². The van der Waals surface area contributed by atoms with Crippen LogP contribution in [0.25, 0.3) is 22.2 Å². The minimum Gasteiger partial charge on any atom is -0.454 e. The number of hydrogen-bond donors (Lipinski definition) is 0. The van der Waals surface area contributed by atoms with Crippen LogP contribution in [-0.2, 0) is 4.74 Å². The molecule has 0 atom stereocenters. The van der Waals surface area contributed by atoms with Crippen molar-refractivity contribution >= 4 is 51.8 Å². The monoisotopic (exact) mass is 574 g/mol. The Morgan fingerprint density at radius 3 is 2.12 bits per heavy atom. The van der Waals surface area contributed by atoms with E-state index in [1.165, 1.54) is 0 Å². The lowest BCUT2D eigenvalue weighted by atomic mass is 10.0. The summed E-state index contributed by atoms with van der Waals surface area (Å²) in [6.45, 7) is 3.32.